The van der Waals surface area contributed by atoms with Crippen LogP contribution >= 0.6 is 11.8 Å². The molecular formula is C27H31N3O3S. The number of nitrogens with one attached hydrogen (secondary N) is 1. The molecule has 7 heteroatoms. The van der Waals surface area contributed by atoms with Gasteiger partial charge in [0, 0.05) is 23.7 Å². The summed E-state index contributed by atoms with van der Waals surface area (Å²) in [6.45, 7) is 1.29. The second-order valence-electron chi connectivity index (χ2n) is 9.33. The van der Waals surface area contributed by atoms with Gasteiger partial charge in [0.1, 0.15) is 6.54 Å². The molecule has 1 aliphatic carbocycles. The third-order valence-corrected chi connectivity index (χ3v) is 8.24. The lowest BCUT2D eigenvalue weighted by atomic mass is 9.90. The number of nitrogens with zero attached hydrogens (tertiary/aromatic N) is 2. The van der Waals surface area contributed by atoms with E-state index in [0.29, 0.717) is 18.8 Å². The number of thioether (sulfide) groups is 1. The molecule has 0 aromatic heterocycles. The van der Waals surface area contributed by atoms with Gasteiger partial charge in [-0.05, 0) is 67.9 Å². The first-order valence-corrected chi connectivity index (χ1v) is 13.3. The smallest absolute Gasteiger partial charge is 0.250 e. The zero-order chi connectivity index (χ0) is 23.5. The van der Waals surface area contributed by atoms with Crippen LogP contribution in [-0.4, -0.2) is 47.5 Å². The molecule has 178 valence electrons. The second-order valence-corrected chi connectivity index (χ2v) is 10.5. The number of para-hydroxylation sites is 1. The zero-order valence-corrected chi connectivity index (χ0v) is 20.2. The van der Waals surface area contributed by atoms with Gasteiger partial charge in [-0.1, -0.05) is 37.1 Å². The largest absolute Gasteiger partial charge is 0.341 e. The predicted molar refractivity (Wildman–Crippen MR) is 135 cm³/mol. The Bertz CT molecular complexity index is 1090. The summed E-state index contributed by atoms with van der Waals surface area (Å²) in [5.74, 6) is -0.674. The van der Waals surface area contributed by atoms with Crippen LogP contribution in [0.5, 0.6) is 0 Å². The van der Waals surface area contributed by atoms with Gasteiger partial charge in [-0.15, -0.1) is 11.8 Å². The van der Waals surface area contributed by atoms with E-state index in [-0.39, 0.29) is 24.3 Å². The fourth-order valence-corrected chi connectivity index (χ4v) is 6.41. The maximum absolute atomic E-state index is 13.6. The first-order chi connectivity index (χ1) is 16.6. The molecule has 3 aliphatic rings. The molecule has 1 saturated heterocycles. The fourth-order valence-electron chi connectivity index (χ4n) is 5.23. The van der Waals surface area contributed by atoms with Crippen LogP contribution in [0, 0.1) is 0 Å². The molecule has 0 saturated carbocycles. The molecule has 34 heavy (non-hydrogen) atoms. The Morgan fingerprint density at radius 1 is 0.912 bits per heavy atom. The standard InChI is InChI=1S/C27H31N3O3S/c31-24(28-21-13-9-11-19-10-3-4-12-20(19)21)18-30-22-14-5-6-15-23(22)34-25(27(30)33)26(32)29-16-7-1-2-8-17-29/h5-6,9,11,13-15,25H,1-4,7-8,10,12,16-18H2,(H,28,31)/t25-/m0/s1. The third kappa shape index (κ3) is 4.71. The molecule has 0 bridgehead atoms. The van der Waals surface area contributed by atoms with Gasteiger partial charge in [0.15, 0.2) is 5.25 Å². The Morgan fingerprint density at radius 3 is 2.50 bits per heavy atom. The van der Waals surface area contributed by atoms with Crippen molar-refractivity contribution in [2.24, 2.45) is 0 Å². The SMILES string of the molecule is O=C(CN1C(=O)[C@H](C(=O)N2CCCCCC2)Sc2ccccc21)Nc1cccc2c1CCCC2. The highest BCUT2D eigenvalue weighted by atomic mass is 32.2. The summed E-state index contributed by atoms with van der Waals surface area (Å²) in [4.78, 5) is 44.3. The van der Waals surface area contributed by atoms with Crippen molar-refractivity contribution >= 4 is 40.9 Å². The van der Waals surface area contributed by atoms with Gasteiger partial charge in [-0.3, -0.25) is 14.4 Å². The van der Waals surface area contributed by atoms with Gasteiger partial charge in [0.05, 0.1) is 5.69 Å². The number of anilines is 2. The van der Waals surface area contributed by atoms with Crippen LogP contribution in [-0.2, 0) is 27.2 Å². The number of hydrogen-bond acceptors (Lipinski definition) is 4. The molecule has 2 aromatic rings. The number of rotatable bonds is 4. The molecular weight excluding hydrogens is 446 g/mol. The second kappa shape index (κ2) is 10.2. The average Bonchev–Trinajstić information content (AvgIpc) is 3.15. The summed E-state index contributed by atoms with van der Waals surface area (Å²) >= 11 is 1.31. The summed E-state index contributed by atoms with van der Waals surface area (Å²) in [6, 6.07) is 13.6. The fraction of sp³-hybridized carbons (Fsp3) is 0.444. The number of benzene rings is 2. The van der Waals surface area contributed by atoms with Gasteiger partial charge in [-0.2, -0.15) is 0 Å². The van der Waals surface area contributed by atoms with E-state index in [1.165, 1.54) is 34.2 Å². The number of fused-ring (bicyclic) bond motifs is 2. The Labute approximate surface area is 205 Å². The molecule has 2 aromatic carbocycles. The van der Waals surface area contributed by atoms with Crippen LogP contribution in [0.25, 0.3) is 0 Å². The van der Waals surface area contributed by atoms with Crippen LogP contribution in [0.4, 0.5) is 11.4 Å². The zero-order valence-electron chi connectivity index (χ0n) is 19.4. The number of amides is 3. The number of carbonyl (C=O) groups excluding carboxylic acids is 3. The van der Waals surface area contributed by atoms with E-state index < -0.39 is 5.25 Å². The van der Waals surface area contributed by atoms with Crippen molar-refractivity contribution in [2.45, 2.75) is 61.5 Å². The molecule has 5 rings (SSSR count). The first-order valence-electron chi connectivity index (χ1n) is 12.4. The first kappa shape index (κ1) is 23.0. The molecule has 6 nitrogen and oxygen atoms in total. The van der Waals surface area contributed by atoms with E-state index in [9.17, 15) is 14.4 Å². The Balaban J connectivity index is 1.36. The van der Waals surface area contributed by atoms with E-state index in [0.717, 1.165) is 55.5 Å². The van der Waals surface area contributed by atoms with Gasteiger partial charge in [-0.25, -0.2) is 0 Å². The average molecular weight is 478 g/mol. The predicted octanol–water partition coefficient (Wildman–Crippen LogP) is 4.41. The number of carbonyl (C=O) groups is 3. The van der Waals surface area contributed by atoms with Gasteiger partial charge >= 0.3 is 0 Å². The van der Waals surface area contributed by atoms with Crippen molar-refractivity contribution in [3.8, 4) is 0 Å². The maximum atomic E-state index is 13.6. The monoisotopic (exact) mass is 477 g/mol. The Morgan fingerprint density at radius 2 is 1.68 bits per heavy atom. The molecule has 3 amide bonds. The lowest BCUT2D eigenvalue weighted by Gasteiger charge is -2.34. The summed E-state index contributed by atoms with van der Waals surface area (Å²) < 4.78 is 0. The van der Waals surface area contributed by atoms with Crippen molar-refractivity contribution < 1.29 is 14.4 Å². The lowest BCUT2D eigenvalue weighted by molar-refractivity contribution is -0.135. The van der Waals surface area contributed by atoms with Gasteiger partial charge in [0.2, 0.25) is 11.8 Å². The van der Waals surface area contributed by atoms with Crippen LogP contribution in [0.2, 0.25) is 0 Å². The molecule has 1 fully saturated rings. The highest BCUT2D eigenvalue weighted by Crippen LogP contribution is 2.40. The summed E-state index contributed by atoms with van der Waals surface area (Å²) in [5, 5.41) is 2.21. The van der Waals surface area contributed by atoms with E-state index in [4.69, 9.17) is 0 Å². The summed E-state index contributed by atoms with van der Waals surface area (Å²) in [5.41, 5.74) is 4.04. The van der Waals surface area contributed by atoms with Crippen LogP contribution in [0.1, 0.15) is 49.7 Å². The summed E-state index contributed by atoms with van der Waals surface area (Å²) in [6.07, 6.45) is 8.47. The minimum Gasteiger partial charge on any atom is -0.341 e. The van der Waals surface area contributed by atoms with Crippen molar-refractivity contribution in [3.05, 3.63) is 53.6 Å². The maximum Gasteiger partial charge on any atom is 0.250 e. The highest BCUT2D eigenvalue weighted by Gasteiger charge is 2.40. The summed E-state index contributed by atoms with van der Waals surface area (Å²) in [7, 11) is 0. The van der Waals surface area contributed by atoms with Gasteiger partial charge < -0.3 is 15.1 Å². The molecule has 0 spiro atoms. The number of aryl methyl sites for hydroxylation is 1. The number of likely N-dealkylation sites (tertiary alicyclic amines) is 1. The molecule has 0 unspecified atom stereocenters. The lowest BCUT2D eigenvalue weighted by Crippen LogP contribution is -2.51. The van der Waals surface area contributed by atoms with E-state index in [2.05, 4.69) is 11.4 Å². The normalized spacial score (nSPS) is 20.2. The molecule has 1 N–H and O–H groups in total. The quantitative estimate of drug-likeness (QED) is 0.662. The molecule has 2 heterocycles. The van der Waals surface area contributed by atoms with Crippen LogP contribution in [0.3, 0.4) is 0 Å². The Hall–Kier alpha value is -2.80. The van der Waals surface area contributed by atoms with Crippen LogP contribution < -0.4 is 10.2 Å². The topological polar surface area (TPSA) is 69.7 Å². The molecule has 1 atom stereocenters. The van der Waals surface area contributed by atoms with Crippen LogP contribution in [0.15, 0.2) is 47.4 Å². The third-order valence-electron chi connectivity index (χ3n) is 7.00. The minimum atomic E-state index is -0.842. The van der Waals surface area contributed by atoms with E-state index >= 15 is 0 Å². The molecule has 2 aliphatic heterocycles. The number of hydrogen-bond donors (Lipinski definition) is 1. The Kier molecular flexibility index (Phi) is 6.90. The molecule has 0 radical (unpaired) electrons. The highest BCUT2D eigenvalue weighted by molar-refractivity contribution is 8.01. The van der Waals surface area contributed by atoms with Crippen molar-refractivity contribution in [3.63, 3.8) is 0 Å². The van der Waals surface area contributed by atoms with E-state index in [1.54, 1.807) is 0 Å². The van der Waals surface area contributed by atoms with E-state index in [1.807, 2.05) is 41.3 Å². The van der Waals surface area contributed by atoms with Gasteiger partial charge in [0.25, 0.3) is 5.91 Å². The minimum absolute atomic E-state index is 0.107. The van der Waals surface area contributed by atoms with Crippen molar-refractivity contribution in [1.29, 1.82) is 0 Å². The van der Waals surface area contributed by atoms with Crippen molar-refractivity contribution in [2.75, 3.05) is 29.9 Å². The van der Waals surface area contributed by atoms with Crippen molar-refractivity contribution in [1.82, 2.24) is 4.90 Å².